The molecule has 0 aliphatic heterocycles. The number of halogens is 1. The van der Waals surface area contributed by atoms with Gasteiger partial charge in [-0.1, -0.05) is 30.3 Å². The predicted octanol–water partition coefficient (Wildman–Crippen LogP) is 3.81. The van der Waals surface area contributed by atoms with Crippen LogP contribution in [0, 0.1) is 0 Å². The number of phenols is 1. The molecule has 3 rings (SSSR count). The van der Waals surface area contributed by atoms with Crippen LogP contribution in [0.4, 0.5) is 0 Å². The standard InChI is InChI=1S/C19H18BrNO7S/c1-3-27-19(23)16-15-12(10-28-29(24,25)26)18(22)13(20)9-14(15)21(2)17(16)11-7-5-4-6-8-11/h4-9,22H,3,10H2,1-2H3,(H,24,25,26). The molecule has 0 radical (unpaired) electrons. The van der Waals surface area contributed by atoms with Crippen molar-refractivity contribution in [3.63, 3.8) is 0 Å². The van der Waals surface area contributed by atoms with Crippen molar-refractivity contribution in [2.75, 3.05) is 6.61 Å². The number of fused-ring (bicyclic) bond motifs is 1. The summed E-state index contributed by atoms with van der Waals surface area (Å²) < 4.78 is 42.9. The van der Waals surface area contributed by atoms with Gasteiger partial charge >= 0.3 is 16.4 Å². The van der Waals surface area contributed by atoms with Crippen LogP contribution in [0.1, 0.15) is 22.8 Å². The lowest BCUT2D eigenvalue weighted by molar-refractivity contribution is 0.0529. The SMILES string of the molecule is CCOC(=O)c1c(-c2ccccc2)n(C)c2cc(Br)c(O)c(COS(=O)(=O)O)c12. The van der Waals surface area contributed by atoms with Gasteiger partial charge in [0.05, 0.1) is 34.5 Å². The molecule has 8 nitrogen and oxygen atoms in total. The van der Waals surface area contributed by atoms with E-state index in [4.69, 9.17) is 9.29 Å². The van der Waals surface area contributed by atoms with Crippen LogP contribution in [-0.2, 0) is 33.0 Å². The van der Waals surface area contributed by atoms with Crippen molar-refractivity contribution in [2.45, 2.75) is 13.5 Å². The van der Waals surface area contributed by atoms with E-state index in [0.29, 0.717) is 11.2 Å². The number of esters is 1. The number of carbonyl (C=O) groups is 1. The van der Waals surface area contributed by atoms with Gasteiger partial charge in [0.1, 0.15) is 5.75 Å². The van der Waals surface area contributed by atoms with Crippen molar-refractivity contribution in [2.24, 2.45) is 7.05 Å². The smallest absolute Gasteiger partial charge is 0.397 e. The van der Waals surface area contributed by atoms with Crippen LogP contribution in [0.15, 0.2) is 40.9 Å². The summed E-state index contributed by atoms with van der Waals surface area (Å²) in [6, 6.07) is 10.7. The summed E-state index contributed by atoms with van der Waals surface area (Å²) in [6.45, 7) is 1.12. The number of phenolic OH excluding ortho intramolecular Hbond substituents is 1. The second-order valence-electron chi connectivity index (χ2n) is 6.14. The molecule has 0 spiro atoms. The number of carbonyl (C=O) groups excluding carboxylic acids is 1. The number of benzene rings is 2. The molecule has 0 aliphatic rings. The number of aromatic hydroxyl groups is 1. The summed E-state index contributed by atoms with van der Waals surface area (Å²) in [5.74, 6) is -0.941. The highest BCUT2D eigenvalue weighted by Crippen LogP contribution is 2.42. The molecule has 0 unspecified atom stereocenters. The summed E-state index contributed by atoms with van der Waals surface area (Å²) in [5.41, 5.74) is 1.97. The highest BCUT2D eigenvalue weighted by atomic mass is 79.9. The third-order valence-corrected chi connectivity index (χ3v) is 5.42. The van der Waals surface area contributed by atoms with Crippen molar-refractivity contribution in [1.29, 1.82) is 0 Å². The fourth-order valence-corrected chi connectivity index (χ4v) is 3.96. The number of aryl methyl sites for hydroxylation is 1. The molecule has 29 heavy (non-hydrogen) atoms. The zero-order valence-electron chi connectivity index (χ0n) is 15.5. The van der Waals surface area contributed by atoms with Crippen LogP contribution in [0.3, 0.4) is 0 Å². The molecule has 2 aromatic carbocycles. The van der Waals surface area contributed by atoms with Gasteiger partial charge < -0.3 is 14.4 Å². The van der Waals surface area contributed by atoms with Crippen molar-refractivity contribution in [1.82, 2.24) is 4.57 Å². The first-order valence-corrected chi connectivity index (χ1v) is 10.7. The summed E-state index contributed by atoms with van der Waals surface area (Å²) in [5, 5.41) is 10.8. The quantitative estimate of drug-likeness (QED) is 0.404. The van der Waals surface area contributed by atoms with Gasteiger partial charge in [0.2, 0.25) is 0 Å². The maximum Gasteiger partial charge on any atom is 0.397 e. The second kappa shape index (κ2) is 8.15. The zero-order valence-corrected chi connectivity index (χ0v) is 17.9. The molecule has 2 N–H and O–H groups in total. The fourth-order valence-electron chi connectivity index (χ4n) is 3.24. The number of nitrogens with zero attached hydrogens (tertiary/aromatic N) is 1. The Hall–Kier alpha value is -2.40. The van der Waals surface area contributed by atoms with Crippen LogP contribution < -0.4 is 0 Å². The zero-order chi connectivity index (χ0) is 21.3. The third-order valence-electron chi connectivity index (χ3n) is 4.40. The van der Waals surface area contributed by atoms with Crippen molar-refractivity contribution >= 4 is 43.2 Å². The first-order valence-electron chi connectivity index (χ1n) is 8.52. The molecular formula is C19H18BrNO7S. The molecule has 0 atom stereocenters. The predicted molar refractivity (Wildman–Crippen MR) is 110 cm³/mol. The molecule has 0 fully saturated rings. The minimum atomic E-state index is -4.77. The lowest BCUT2D eigenvalue weighted by Crippen LogP contribution is -2.08. The Morgan fingerprint density at radius 3 is 2.48 bits per heavy atom. The van der Waals surface area contributed by atoms with E-state index in [1.54, 1.807) is 24.6 Å². The Labute approximate surface area is 175 Å². The second-order valence-corrected chi connectivity index (χ2v) is 8.08. The van der Waals surface area contributed by atoms with Crippen LogP contribution in [0.2, 0.25) is 0 Å². The minimum absolute atomic E-state index is 0.0211. The maximum absolute atomic E-state index is 12.9. The average Bonchev–Trinajstić information content (AvgIpc) is 2.94. The number of hydrogen-bond donors (Lipinski definition) is 2. The Bertz CT molecular complexity index is 1190. The number of ether oxygens (including phenoxy) is 1. The van der Waals surface area contributed by atoms with Crippen LogP contribution in [0.25, 0.3) is 22.2 Å². The van der Waals surface area contributed by atoms with Crippen LogP contribution >= 0.6 is 15.9 Å². The number of rotatable bonds is 6. The van der Waals surface area contributed by atoms with E-state index in [1.165, 1.54) is 0 Å². The normalized spacial score (nSPS) is 11.7. The largest absolute Gasteiger partial charge is 0.506 e. The fraction of sp³-hybridized carbons (Fsp3) is 0.211. The first kappa shape index (κ1) is 21.3. The van der Waals surface area contributed by atoms with Gasteiger partial charge in [-0.3, -0.25) is 4.55 Å². The molecule has 0 bridgehead atoms. The molecule has 10 heteroatoms. The molecule has 0 aliphatic carbocycles. The van der Waals surface area contributed by atoms with Crippen LogP contribution in [0.5, 0.6) is 5.75 Å². The van der Waals surface area contributed by atoms with E-state index in [0.717, 1.165) is 5.56 Å². The van der Waals surface area contributed by atoms with Gasteiger partial charge in [-0.2, -0.15) is 8.42 Å². The lowest BCUT2D eigenvalue weighted by atomic mass is 10.0. The Morgan fingerprint density at radius 1 is 1.24 bits per heavy atom. The average molecular weight is 484 g/mol. The van der Waals surface area contributed by atoms with Crippen LogP contribution in [-0.4, -0.2) is 35.2 Å². The Balaban J connectivity index is 2.42. The van der Waals surface area contributed by atoms with E-state index < -0.39 is 23.0 Å². The molecule has 0 amide bonds. The molecule has 3 aromatic rings. The minimum Gasteiger partial charge on any atom is -0.506 e. The van der Waals surface area contributed by atoms with E-state index in [2.05, 4.69) is 20.1 Å². The first-order chi connectivity index (χ1) is 13.7. The summed E-state index contributed by atoms with van der Waals surface area (Å²) in [7, 11) is -3.03. The highest BCUT2D eigenvalue weighted by Gasteiger charge is 2.28. The Morgan fingerprint density at radius 2 is 1.90 bits per heavy atom. The van der Waals surface area contributed by atoms with Crippen molar-refractivity contribution in [3.8, 4) is 17.0 Å². The molecule has 1 aromatic heterocycles. The molecular weight excluding hydrogens is 466 g/mol. The van der Waals surface area contributed by atoms with Gasteiger partial charge in [-0.05, 0) is 34.5 Å². The molecule has 0 saturated heterocycles. The lowest BCUT2D eigenvalue weighted by Gasteiger charge is -2.10. The van der Waals surface area contributed by atoms with E-state index in [-0.39, 0.29) is 33.3 Å². The Kier molecular flexibility index (Phi) is 5.99. The van der Waals surface area contributed by atoms with E-state index in [1.807, 2.05) is 30.3 Å². The van der Waals surface area contributed by atoms with Crippen molar-refractivity contribution < 1.29 is 31.8 Å². The molecule has 154 valence electrons. The van der Waals surface area contributed by atoms with Crippen molar-refractivity contribution in [3.05, 3.63) is 52.0 Å². The summed E-state index contributed by atoms with van der Waals surface area (Å²) in [4.78, 5) is 12.9. The molecule has 0 saturated carbocycles. The number of aromatic nitrogens is 1. The number of hydrogen-bond acceptors (Lipinski definition) is 6. The van der Waals surface area contributed by atoms with Gasteiger partial charge in [-0.15, -0.1) is 0 Å². The highest BCUT2D eigenvalue weighted by molar-refractivity contribution is 9.10. The van der Waals surface area contributed by atoms with E-state index in [9.17, 15) is 18.3 Å². The third kappa shape index (κ3) is 4.15. The summed E-state index contributed by atoms with van der Waals surface area (Å²) in [6.07, 6.45) is 0. The van der Waals surface area contributed by atoms with Gasteiger partial charge in [-0.25, -0.2) is 8.98 Å². The maximum atomic E-state index is 12.9. The van der Waals surface area contributed by atoms with Gasteiger partial charge in [0.15, 0.2) is 0 Å². The van der Waals surface area contributed by atoms with E-state index >= 15 is 0 Å². The van der Waals surface area contributed by atoms with Gasteiger partial charge in [0, 0.05) is 18.0 Å². The molecule has 1 heterocycles. The topological polar surface area (TPSA) is 115 Å². The monoisotopic (exact) mass is 483 g/mol. The van der Waals surface area contributed by atoms with Gasteiger partial charge in [0.25, 0.3) is 0 Å². The summed E-state index contributed by atoms with van der Waals surface area (Å²) >= 11 is 3.23.